The molecule has 0 unspecified atom stereocenters. The molecule has 2 atom stereocenters. The van der Waals surface area contributed by atoms with Crippen molar-refractivity contribution in [1.29, 1.82) is 0 Å². The number of hydrogen-bond acceptors (Lipinski definition) is 3. The molecule has 0 radical (unpaired) electrons. The van der Waals surface area contributed by atoms with Crippen molar-refractivity contribution in [2.24, 2.45) is 5.73 Å². The first kappa shape index (κ1) is 10.5. The number of aliphatic hydroxyl groups excluding tert-OH is 2. The highest BCUT2D eigenvalue weighted by molar-refractivity contribution is 6.30. The molecule has 0 bridgehead atoms. The Morgan fingerprint density at radius 2 is 1.85 bits per heavy atom. The Kier molecular flexibility index (Phi) is 3.69. The standard InChI is InChI=1S/C9H12ClNO2/c10-7-3-1-6(2-4-7)9(13)8(11)5-12/h1-4,8-9,12-13H,5,11H2/t8-,9-/m1/s1. The molecule has 0 aliphatic heterocycles. The molecular formula is C9H12ClNO2. The molecule has 0 amide bonds. The van der Waals surface area contributed by atoms with E-state index in [1.54, 1.807) is 24.3 Å². The van der Waals surface area contributed by atoms with Crippen LogP contribution >= 0.6 is 11.6 Å². The summed E-state index contributed by atoms with van der Waals surface area (Å²) in [5.41, 5.74) is 6.11. The van der Waals surface area contributed by atoms with E-state index in [2.05, 4.69) is 0 Å². The summed E-state index contributed by atoms with van der Waals surface area (Å²) in [6, 6.07) is 6.06. The fourth-order valence-electron chi connectivity index (χ4n) is 1.01. The average molecular weight is 202 g/mol. The van der Waals surface area contributed by atoms with E-state index in [0.717, 1.165) is 0 Å². The van der Waals surface area contributed by atoms with Gasteiger partial charge < -0.3 is 15.9 Å². The van der Waals surface area contributed by atoms with E-state index in [-0.39, 0.29) is 6.61 Å². The molecule has 0 aliphatic carbocycles. The fraction of sp³-hybridized carbons (Fsp3) is 0.333. The molecule has 0 saturated heterocycles. The molecule has 13 heavy (non-hydrogen) atoms. The SMILES string of the molecule is N[C@H](CO)[C@H](O)c1ccc(Cl)cc1. The van der Waals surface area contributed by atoms with Crippen LogP contribution in [-0.2, 0) is 0 Å². The van der Waals surface area contributed by atoms with E-state index in [1.807, 2.05) is 0 Å². The second-order valence-corrected chi connectivity index (χ2v) is 3.28. The monoisotopic (exact) mass is 201 g/mol. The van der Waals surface area contributed by atoms with Crippen molar-refractivity contribution in [1.82, 2.24) is 0 Å². The van der Waals surface area contributed by atoms with Crippen molar-refractivity contribution in [3.05, 3.63) is 34.9 Å². The van der Waals surface area contributed by atoms with Crippen LogP contribution in [-0.4, -0.2) is 22.9 Å². The molecular weight excluding hydrogens is 190 g/mol. The predicted octanol–water partition coefficient (Wildman–Crippen LogP) is 0.693. The first-order valence-corrected chi connectivity index (χ1v) is 4.33. The third kappa shape index (κ3) is 2.67. The highest BCUT2D eigenvalue weighted by Gasteiger charge is 2.15. The summed E-state index contributed by atoms with van der Waals surface area (Å²) >= 11 is 5.67. The minimum absolute atomic E-state index is 0.246. The Morgan fingerprint density at radius 3 is 2.31 bits per heavy atom. The van der Waals surface area contributed by atoms with Crippen molar-refractivity contribution < 1.29 is 10.2 Å². The van der Waals surface area contributed by atoms with Gasteiger partial charge in [0.05, 0.1) is 18.8 Å². The number of halogens is 1. The van der Waals surface area contributed by atoms with Gasteiger partial charge in [0, 0.05) is 5.02 Å². The molecule has 3 nitrogen and oxygen atoms in total. The Balaban J connectivity index is 2.77. The zero-order valence-electron chi connectivity index (χ0n) is 7.02. The van der Waals surface area contributed by atoms with E-state index in [1.165, 1.54) is 0 Å². The van der Waals surface area contributed by atoms with Crippen LogP contribution in [0.15, 0.2) is 24.3 Å². The Bertz CT molecular complexity index is 263. The van der Waals surface area contributed by atoms with Gasteiger partial charge in [0.1, 0.15) is 0 Å². The van der Waals surface area contributed by atoms with Gasteiger partial charge in [-0.15, -0.1) is 0 Å². The third-order valence-corrected chi connectivity index (χ3v) is 2.08. The minimum Gasteiger partial charge on any atom is -0.395 e. The zero-order valence-corrected chi connectivity index (χ0v) is 7.78. The van der Waals surface area contributed by atoms with Crippen LogP contribution in [0.25, 0.3) is 0 Å². The number of rotatable bonds is 3. The first-order valence-electron chi connectivity index (χ1n) is 3.95. The molecule has 1 aromatic rings. The molecule has 0 aliphatic rings. The van der Waals surface area contributed by atoms with Crippen molar-refractivity contribution in [3.63, 3.8) is 0 Å². The highest BCUT2D eigenvalue weighted by atomic mass is 35.5. The Hall–Kier alpha value is -0.610. The Labute approximate surface area is 81.8 Å². The Morgan fingerprint density at radius 1 is 1.31 bits per heavy atom. The van der Waals surface area contributed by atoms with Crippen molar-refractivity contribution in [2.75, 3.05) is 6.61 Å². The summed E-state index contributed by atoms with van der Waals surface area (Å²) in [6.45, 7) is -0.246. The van der Waals surface area contributed by atoms with E-state index in [9.17, 15) is 5.11 Å². The van der Waals surface area contributed by atoms with Crippen molar-refractivity contribution in [3.8, 4) is 0 Å². The van der Waals surface area contributed by atoms with Crippen LogP contribution in [0.2, 0.25) is 5.02 Å². The van der Waals surface area contributed by atoms with Gasteiger partial charge >= 0.3 is 0 Å². The van der Waals surface area contributed by atoms with Gasteiger partial charge in [-0.3, -0.25) is 0 Å². The van der Waals surface area contributed by atoms with E-state index < -0.39 is 12.1 Å². The molecule has 1 rings (SSSR count). The lowest BCUT2D eigenvalue weighted by atomic mass is 10.0. The lowest BCUT2D eigenvalue weighted by Gasteiger charge is -2.16. The molecule has 4 heteroatoms. The number of benzene rings is 1. The summed E-state index contributed by atoms with van der Waals surface area (Å²) in [4.78, 5) is 0. The average Bonchev–Trinajstić information content (AvgIpc) is 2.17. The van der Waals surface area contributed by atoms with Crippen molar-refractivity contribution >= 4 is 11.6 Å². The predicted molar refractivity (Wildman–Crippen MR) is 51.5 cm³/mol. The third-order valence-electron chi connectivity index (χ3n) is 1.83. The maximum atomic E-state index is 9.55. The fourth-order valence-corrected chi connectivity index (χ4v) is 1.13. The van der Waals surface area contributed by atoms with Crippen molar-refractivity contribution in [2.45, 2.75) is 12.1 Å². The van der Waals surface area contributed by atoms with Crippen LogP contribution in [0.4, 0.5) is 0 Å². The summed E-state index contributed by atoms with van der Waals surface area (Å²) in [5.74, 6) is 0. The summed E-state index contributed by atoms with van der Waals surface area (Å²) < 4.78 is 0. The van der Waals surface area contributed by atoms with Gasteiger partial charge in [-0.25, -0.2) is 0 Å². The van der Waals surface area contributed by atoms with Crippen LogP contribution in [0.1, 0.15) is 11.7 Å². The number of nitrogens with two attached hydrogens (primary N) is 1. The molecule has 0 aromatic heterocycles. The van der Waals surface area contributed by atoms with Gasteiger partial charge in [0.2, 0.25) is 0 Å². The largest absolute Gasteiger partial charge is 0.395 e. The lowest BCUT2D eigenvalue weighted by Crippen LogP contribution is -2.31. The van der Waals surface area contributed by atoms with Gasteiger partial charge in [-0.2, -0.15) is 0 Å². The highest BCUT2D eigenvalue weighted by Crippen LogP contribution is 2.17. The lowest BCUT2D eigenvalue weighted by molar-refractivity contribution is 0.109. The summed E-state index contributed by atoms with van der Waals surface area (Å²) in [6.07, 6.45) is -0.845. The second kappa shape index (κ2) is 4.58. The van der Waals surface area contributed by atoms with Gasteiger partial charge in [0.15, 0.2) is 0 Å². The topological polar surface area (TPSA) is 66.5 Å². The molecule has 0 saturated carbocycles. The smallest absolute Gasteiger partial charge is 0.0963 e. The molecule has 1 aromatic carbocycles. The maximum Gasteiger partial charge on any atom is 0.0963 e. The van der Waals surface area contributed by atoms with Gasteiger partial charge in [0.25, 0.3) is 0 Å². The summed E-state index contributed by atoms with van der Waals surface area (Å²) in [7, 11) is 0. The van der Waals surface area contributed by atoms with Crippen LogP contribution in [0.3, 0.4) is 0 Å². The first-order chi connectivity index (χ1) is 6.15. The molecule has 4 N–H and O–H groups in total. The normalized spacial score (nSPS) is 15.4. The van der Waals surface area contributed by atoms with E-state index >= 15 is 0 Å². The number of aliphatic hydroxyl groups is 2. The molecule has 0 fully saturated rings. The van der Waals surface area contributed by atoms with Crippen LogP contribution in [0, 0.1) is 0 Å². The van der Waals surface area contributed by atoms with Gasteiger partial charge in [-0.1, -0.05) is 23.7 Å². The van der Waals surface area contributed by atoms with Gasteiger partial charge in [-0.05, 0) is 17.7 Å². The molecule has 72 valence electrons. The molecule has 0 spiro atoms. The number of hydrogen-bond donors (Lipinski definition) is 3. The quantitative estimate of drug-likeness (QED) is 0.674. The summed E-state index contributed by atoms with van der Waals surface area (Å²) in [5, 5.41) is 18.9. The maximum absolute atomic E-state index is 9.55. The molecule has 0 heterocycles. The minimum atomic E-state index is -0.845. The van der Waals surface area contributed by atoms with E-state index in [4.69, 9.17) is 22.4 Å². The van der Waals surface area contributed by atoms with Crippen LogP contribution in [0.5, 0.6) is 0 Å². The zero-order chi connectivity index (χ0) is 9.84. The second-order valence-electron chi connectivity index (χ2n) is 2.84. The van der Waals surface area contributed by atoms with Crippen LogP contribution < -0.4 is 5.73 Å². The van der Waals surface area contributed by atoms with E-state index in [0.29, 0.717) is 10.6 Å².